The van der Waals surface area contributed by atoms with Gasteiger partial charge in [0.2, 0.25) is 0 Å². The molecule has 1 amide bonds. The summed E-state index contributed by atoms with van der Waals surface area (Å²) in [6.45, 7) is 2.08. The van der Waals surface area contributed by atoms with Crippen molar-refractivity contribution in [3.63, 3.8) is 0 Å². The molecule has 3 atom stereocenters. The number of carbonyl (C=O) groups is 1. The van der Waals surface area contributed by atoms with Crippen LogP contribution < -0.4 is 10.0 Å². The fourth-order valence-corrected chi connectivity index (χ4v) is 5.75. The predicted molar refractivity (Wildman–Crippen MR) is 132 cm³/mol. The number of hydrogen-bond acceptors (Lipinski definition) is 4. The van der Waals surface area contributed by atoms with Gasteiger partial charge in [0.25, 0.3) is 5.91 Å². The van der Waals surface area contributed by atoms with E-state index < -0.39 is 9.92 Å². The van der Waals surface area contributed by atoms with E-state index >= 15 is 0 Å². The molecule has 1 unspecified atom stereocenters. The minimum absolute atomic E-state index is 0.140. The second-order valence-electron chi connectivity index (χ2n) is 8.25. The Morgan fingerprint density at radius 3 is 2.82 bits per heavy atom. The van der Waals surface area contributed by atoms with E-state index in [1.165, 1.54) is 11.8 Å². The van der Waals surface area contributed by atoms with E-state index in [-0.39, 0.29) is 23.0 Å². The number of benzene rings is 1. The molecule has 3 heterocycles. The number of fused-ring (bicyclic) bond motifs is 1. The molecule has 0 fully saturated rings. The molecule has 0 aliphatic carbocycles. The highest BCUT2D eigenvalue weighted by Crippen LogP contribution is 2.29. The highest BCUT2D eigenvalue weighted by Gasteiger charge is 2.30. The van der Waals surface area contributed by atoms with Crippen molar-refractivity contribution in [2.24, 2.45) is 13.0 Å². The van der Waals surface area contributed by atoms with Crippen LogP contribution in [-0.2, 0) is 23.4 Å². The van der Waals surface area contributed by atoms with Crippen LogP contribution in [0.3, 0.4) is 0 Å². The summed E-state index contributed by atoms with van der Waals surface area (Å²) >= 11 is 5.92. The van der Waals surface area contributed by atoms with E-state index in [1.807, 2.05) is 30.4 Å². The summed E-state index contributed by atoms with van der Waals surface area (Å²) in [5.74, 6) is -0.238. The molecule has 1 aliphatic heterocycles. The topological polar surface area (TPSA) is 99.9 Å². The Bertz CT molecular complexity index is 1300. The van der Waals surface area contributed by atoms with Gasteiger partial charge in [0, 0.05) is 36.7 Å². The Morgan fingerprint density at radius 1 is 1.33 bits per heavy atom. The molecule has 0 saturated carbocycles. The third-order valence-electron chi connectivity index (χ3n) is 5.81. The molecule has 0 spiro atoms. The number of amides is 1. The van der Waals surface area contributed by atoms with E-state index in [9.17, 15) is 9.00 Å². The Kier molecular flexibility index (Phi) is 6.69. The van der Waals surface area contributed by atoms with Crippen molar-refractivity contribution < 1.29 is 9.00 Å². The molecule has 2 aromatic heterocycles. The third kappa shape index (κ3) is 5.19. The van der Waals surface area contributed by atoms with E-state index in [0.29, 0.717) is 21.8 Å². The van der Waals surface area contributed by atoms with Crippen molar-refractivity contribution in [2.45, 2.75) is 30.7 Å². The number of rotatable bonds is 6. The highest BCUT2D eigenvalue weighted by molar-refractivity contribution is 7.90. The zero-order valence-corrected chi connectivity index (χ0v) is 20.0. The summed E-state index contributed by atoms with van der Waals surface area (Å²) in [6, 6.07) is 13.1. The normalized spacial score (nSPS) is 20.6. The SMILES string of the molecule is C[C@@H](CCc1ccccc1)[C@H]1C=Cc2c(cn(C)c2C(=O)Nc2ccnc(Cl)c2)S(=N)(=O)N1. The van der Waals surface area contributed by atoms with Gasteiger partial charge in [-0.2, -0.15) is 0 Å². The summed E-state index contributed by atoms with van der Waals surface area (Å²) in [6.07, 6.45) is 8.58. The number of aryl methyl sites for hydroxylation is 2. The quantitative estimate of drug-likeness (QED) is 0.435. The van der Waals surface area contributed by atoms with Crippen LogP contribution in [0.1, 0.15) is 35.0 Å². The highest BCUT2D eigenvalue weighted by atomic mass is 35.5. The summed E-state index contributed by atoms with van der Waals surface area (Å²) in [5.41, 5.74) is 2.56. The van der Waals surface area contributed by atoms with E-state index in [1.54, 1.807) is 29.9 Å². The molecule has 0 saturated heterocycles. The third-order valence-corrected chi connectivity index (χ3v) is 7.57. The van der Waals surface area contributed by atoms with Crippen LogP contribution in [0.15, 0.2) is 65.8 Å². The number of pyridine rings is 1. The molecule has 7 nitrogen and oxygen atoms in total. The van der Waals surface area contributed by atoms with Crippen LogP contribution in [0, 0.1) is 10.7 Å². The summed E-state index contributed by atoms with van der Waals surface area (Å²) in [4.78, 5) is 17.3. The molecule has 0 radical (unpaired) electrons. The number of anilines is 1. The Balaban J connectivity index is 1.58. The zero-order chi connectivity index (χ0) is 23.6. The molecule has 9 heteroatoms. The lowest BCUT2D eigenvalue weighted by atomic mass is 9.94. The number of carbonyl (C=O) groups excluding carboxylic acids is 1. The molecule has 1 aromatic carbocycles. The van der Waals surface area contributed by atoms with Crippen LogP contribution in [0.5, 0.6) is 0 Å². The molecule has 33 heavy (non-hydrogen) atoms. The maximum absolute atomic E-state index is 13.4. The minimum Gasteiger partial charge on any atom is -0.345 e. The number of nitrogens with one attached hydrogen (secondary N) is 3. The van der Waals surface area contributed by atoms with Gasteiger partial charge in [0.05, 0.1) is 4.90 Å². The van der Waals surface area contributed by atoms with E-state index in [0.717, 1.165) is 12.8 Å². The maximum Gasteiger partial charge on any atom is 0.272 e. The first-order chi connectivity index (χ1) is 15.7. The molecule has 1 aliphatic rings. The number of nitrogens with zero attached hydrogens (tertiary/aromatic N) is 2. The fraction of sp³-hybridized carbons (Fsp3) is 0.250. The van der Waals surface area contributed by atoms with Crippen LogP contribution >= 0.6 is 11.6 Å². The summed E-state index contributed by atoms with van der Waals surface area (Å²) in [5, 5.41) is 3.07. The van der Waals surface area contributed by atoms with Crippen LogP contribution in [0.25, 0.3) is 6.08 Å². The molecule has 3 aromatic rings. The molecule has 172 valence electrons. The van der Waals surface area contributed by atoms with Gasteiger partial charge in [-0.3, -0.25) is 4.79 Å². The van der Waals surface area contributed by atoms with Gasteiger partial charge in [0.15, 0.2) is 0 Å². The zero-order valence-electron chi connectivity index (χ0n) is 18.4. The molecule has 4 rings (SSSR count). The Labute approximate surface area is 199 Å². The van der Waals surface area contributed by atoms with Gasteiger partial charge in [-0.25, -0.2) is 18.7 Å². The summed E-state index contributed by atoms with van der Waals surface area (Å²) in [7, 11) is -1.61. The van der Waals surface area contributed by atoms with Crippen LogP contribution in [0.2, 0.25) is 5.15 Å². The largest absolute Gasteiger partial charge is 0.345 e. The molecule has 3 N–H and O–H groups in total. The van der Waals surface area contributed by atoms with Gasteiger partial charge in [0.1, 0.15) is 20.8 Å². The van der Waals surface area contributed by atoms with Crippen molar-refractivity contribution in [3.8, 4) is 0 Å². The van der Waals surface area contributed by atoms with Crippen molar-refractivity contribution in [2.75, 3.05) is 5.32 Å². The van der Waals surface area contributed by atoms with Crippen molar-refractivity contribution in [3.05, 3.63) is 82.9 Å². The predicted octanol–water partition coefficient (Wildman–Crippen LogP) is 4.90. The fourth-order valence-electron chi connectivity index (χ4n) is 3.98. The lowest BCUT2D eigenvalue weighted by molar-refractivity contribution is 0.101. The monoisotopic (exact) mass is 483 g/mol. The van der Waals surface area contributed by atoms with Crippen molar-refractivity contribution in [1.82, 2.24) is 14.3 Å². The second kappa shape index (κ2) is 9.51. The van der Waals surface area contributed by atoms with Gasteiger partial charge in [-0.05, 0) is 36.5 Å². The van der Waals surface area contributed by atoms with Crippen molar-refractivity contribution >= 4 is 39.2 Å². The van der Waals surface area contributed by atoms with Crippen molar-refractivity contribution in [1.29, 1.82) is 4.78 Å². The van der Waals surface area contributed by atoms with Gasteiger partial charge >= 0.3 is 0 Å². The lowest BCUT2D eigenvalue weighted by Crippen LogP contribution is -2.36. The van der Waals surface area contributed by atoms with Crippen LogP contribution in [-0.4, -0.2) is 25.7 Å². The smallest absolute Gasteiger partial charge is 0.272 e. The average molecular weight is 484 g/mol. The van der Waals surface area contributed by atoms with Gasteiger partial charge in [-0.15, -0.1) is 0 Å². The number of halogens is 1. The first-order valence-electron chi connectivity index (χ1n) is 10.6. The lowest BCUT2D eigenvalue weighted by Gasteiger charge is -2.22. The molecular formula is C24H26ClN5O2S. The minimum atomic E-state index is -3.31. The van der Waals surface area contributed by atoms with E-state index in [2.05, 4.69) is 34.1 Å². The summed E-state index contributed by atoms with van der Waals surface area (Å²) < 4.78 is 26.6. The number of aromatic nitrogens is 2. The molecular weight excluding hydrogens is 458 g/mol. The maximum atomic E-state index is 13.4. The number of hydrogen-bond donors (Lipinski definition) is 3. The second-order valence-corrected chi connectivity index (χ2v) is 10.4. The van der Waals surface area contributed by atoms with Crippen LogP contribution in [0.4, 0.5) is 5.69 Å². The van der Waals surface area contributed by atoms with E-state index in [4.69, 9.17) is 16.4 Å². The molecule has 0 bridgehead atoms. The first kappa shape index (κ1) is 23.2. The first-order valence-corrected chi connectivity index (χ1v) is 12.6. The average Bonchev–Trinajstić information content (AvgIpc) is 3.06. The Hall–Kier alpha value is -2.94. The Morgan fingerprint density at radius 2 is 2.09 bits per heavy atom. The van der Waals surface area contributed by atoms with Gasteiger partial charge < -0.3 is 9.88 Å². The standard InChI is InChI=1S/C24H26ClN5O2S/c1-16(8-9-17-6-4-3-5-7-17)20-11-10-19-21(33(26,32)29-20)15-30(2)23(19)24(31)28-18-12-13-27-22(25)14-18/h3-7,10-16,20H,8-9H2,1-2H3,(H2,26,29,32)(H,27,28,31)/t16-,20+,33?/m0/s1. The van der Waals surface area contributed by atoms with Gasteiger partial charge in [-0.1, -0.05) is 61.0 Å².